The molecule has 1 aromatic carbocycles. The van der Waals surface area contributed by atoms with Gasteiger partial charge in [-0.05, 0) is 32.0 Å². The van der Waals surface area contributed by atoms with E-state index in [-0.39, 0.29) is 18.1 Å². The Hall–Kier alpha value is -1.90. The molecule has 0 saturated carbocycles. The van der Waals surface area contributed by atoms with Crippen molar-refractivity contribution in [3.63, 3.8) is 0 Å². The molecule has 1 amide bonds. The second-order valence-corrected chi connectivity index (χ2v) is 5.03. The summed E-state index contributed by atoms with van der Waals surface area (Å²) in [6.07, 6.45) is 0.154. The van der Waals surface area contributed by atoms with Crippen LogP contribution in [0.25, 0.3) is 0 Å². The number of ether oxygens (including phenoxy) is 1. The largest absolute Gasteiger partial charge is 0.376 e. The van der Waals surface area contributed by atoms with Crippen molar-refractivity contribution in [2.75, 3.05) is 25.0 Å². The van der Waals surface area contributed by atoms with Crippen LogP contribution in [0.1, 0.15) is 19.4 Å². The van der Waals surface area contributed by atoms with Gasteiger partial charge in [-0.3, -0.25) is 9.69 Å². The normalized spacial score (nSPS) is 20.9. The SMILES string of the molecule is CC1CN(C(C)C(=O)Nc2cccc(C#N)c2)CCO1. The Bertz CT molecular complexity index is 524. The average molecular weight is 273 g/mol. The van der Waals surface area contributed by atoms with Crippen LogP contribution in [0.2, 0.25) is 0 Å². The zero-order valence-electron chi connectivity index (χ0n) is 11.8. The van der Waals surface area contributed by atoms with Crippen molar-refractivity contribution in [1.29, 1.82) is 5.26 Å². The van der Waals surface area contributed by atoms with Crippen LogP contribution in [0.4, 0.5) is 5.69 Å². The van der Waals surface area contributed by atoms with Gasteiger partial charge in [0.05, 0.1) is 30.4 Å². The van der Waals surface area contributed by atoms with Crippen LogP contribution in [-0.2, 0) is 9.53 Å². The Balaban J connectivity index is 1.98. The van der Waals surface area contributed by atoms with Gasteiger partial charge in [-0.1, -0.05) is 6.07 Å². The molecule has 0 bridgehead atoms. The maximum Gasteiger partial charge on any atom is 0.241 e. The van der Waals surface area contributed by atoms with Crippen molar-refractivity contribution < 1.29 is 9.53 Å². The summed E-state index contributed by atoms with van der Waals surface area (Å²) in [7, 11) is 0. The highest BCUT2D eigenvalue weighted by molar-refractivity contribution is 5.94. The lowest BCUT2D eigenvalue weighted by Crippen LogP contribution is -2.50. The summed E-state index contributed by atoms with van der Waals surface area (Å²) >= 11 is 0. The Morgan fingerprint density at radius 3 is 3.10 bits per heavy atom. The van der Waals surface area contributed by atoms with Gasteiger partial charge in [-0.25, -0.2) is 0 Å². The summed E-state index contributed by atoms with van der Waals surface area (Å²) in [6.45, 7) is 6.07. The molecule has 20 heavy (non-hydrogen) atoms. The van der Waals surface area contributed by atoms with E-state index in [0.29, 0.717) is 17.9 Å². The Kier molecular flexibility index (Phi) is 4.72. The lowest BCUT2D eigenvalue weighted by molar-refractivity contribution is -0.123. The van der Waals surface area contributed by atoms with Crippen LogP contribution in [0, 0.1) is 11.3 Å². The first-order valence-electron chi connectivity index (χ1n) is 6.77. The maximum absolute atomic E-state index is 12.2. The second kappa shape index (κ2) is 6.51. The van der Waals surface area contributed by atoms with E-state index in [4.69, 9.17) is 10.00 Å². The number of morpholine rings is 1. The number of nitrogens with one attached hydrogen (secondary N) is 1. The minimum absolute atomic E-state index is 0.0609. The van der Waals surface area contributed by atoms with Gasteiger partial charge in [0.1, 0.15) is 0 Å². The third kappa shape index (κ3) is 3.56. The van der Waals surface area contributed by atoms with Crippen molar-refractivity contribution in [2.24, 2.45) is 0 Å². The third-order valence-electron chi connectivity index (χ3n) is 3.46. The predicted molar refractivity (Wildman–Crippen MR) is 76.2 cm³/mol. The molecule has 5 nitrogen and oxygen atoms in total. The molecule has 2 unspecified atom stereocenters. The highest BCUT2D eigenvalue weighted by Crippen LogP contribution is 2.13. The molecule has 0 aliphatic carbocycles. The fourth-order valence-corrected chi connectivity index (χ4v) is 2.28. The number of nitriles is 1. The number of hydrogen-bond acceptors (Lipinski definition) is 4. The molecule has 1 saturated heterocycles. The fraction of sp³-hybridized carbons (Fsp3) is 0.467. The quantitative estimate of drug-likeness (QED) is 0.908. The number of hydrogen-bond donors (Lipinski definition) is 1. The monoisotopic (exact) mass is 273 g/mol. The summed E-state index contributed by atoms with van der Waals surface area (Å²) in [5.74, 6) is -0.0609. The highest BCUT2D eigenvalue weighted by Gasteiger charge is 2.25. The summed E-state index contributed by atoms with van der Waals surface area (Å²) in [5.41, 5.74) is 1.19. The lowest BCUT2D eigenvalue weighted by atomic mass is 10.2. The zero-order chi connectivity index (χ0) is 14.5. The number of carbonyl (C=O) groups excluding carboxylic acids is 1. The fourth-order valence-electron chi connectivity index (χ4n) is 2.28. The molecular weight excluding hydrogens is 254 g/mol. The van der Waals surface area contributed by atoms with Gasteiger partial charge >= 0.3 is 0 Å². The average Bonchev–Trinajstić information content (AvgIpc) is 2.46. The van der Waals surface area contributed by atoms with Crippen LogP contribution in [-0.4, -0.2) is 42.6 Å². The van der Waals surface area contributed by atoms with E-state index in [9.17, 15) is 4.79 Å². The van der Waals surface area contributed by atoms with Crippen LogP contribution in [0.5, 0.6) is 0 Å². The first-order chi connectivity index (χ1) is 9.60. The third-order valence-corrected chi connectivity index (χ3v) is 3.46. The topological polar surface area (TPSA) is 65.4 Å². The molecule has 0 spiro atoms. The van der Waals surface area contributed by atoms with Crippen LogP contribution >= 0.6 is 0 Å². The van der Waals surface area contributed by atoms with E-state index in [2.05, 4.69) is 16.3 Å². The lowest BCUT2D eigenvalue weighted by Gasteiger charge is -2.34. The van der Waals surface area contributed by atoms with Gasteiger partial charge in [0.25, 0.3) is 0 Å². The van der Waals surface area contributed by atoms with Crippen LogP contribution in [0.15, 0.2) is 24.3 Å². The first-order valence-corrected chi connectivity index (χ1v) is 6.77. The molecule has 2 rings (SSSR count). The number of amides is 1. The molecule has 1 aromatic rings. The van der Waals surface area contributed by atoms with Crippen molar-refractivity contribution in [2.45, 2.75) is 26.0 Å². The molecule has 1 heterocycles. The number of carbonyl (C=O) groups is 1. The second-order valence-electron chi connectivity index (χ2n) is 5.03. The standard InChI is InChI=1S/C15H19N3O2/c1-11-10-18(6-7-20-11)12(2)15(19)17-14-5-3-4-13(8-14)9-16/h3-5,8,11-12H,6-7,10H2,1-2H3,(H,17,19). The van der Waals surface area contributed by atoms with Crippen molar-refractivity contribution in [1.82, 2.24) is 4.90 Å². The minimum atomic E-state index is -0.216. The maximum atomic E-state index is 12.2. The Morgan fingerprint density at radius 2 is 2.40 bits per heavy atom. The van der Waals surface area contributed by atoms with Gasteiger partial charge in [-0.2, -0.15) is 5.26 Å². The smallest absolute Gasteiger partial charge is 0.241 e. The van der Waals surface area contributed by atoms with E-state index in [0.717, 1.165) is 13.1 Å². The summed E-state index contributed by atoms with van der Waals surface area (Å²) in [5, 5.41) is 11.7. The molecule has 2 atom stereocenters. The number of benzene rings is 1. The highest BCUT2D eigenvalue weighted by atomic mass is 16.5. The Morgan fingerprint density at radius 1 is 1.60 bits per heavy atom. The molecule has 0 radical (unpaired) electrons. The number of anilines is 1. The molecule has 1 N–H and O–H groups in total. The van der Waals surface area contributed by atoms with E-state index in [1.54, 1.807) is 24.3 Å². The molecule has 106 valence electrons. The summed E-state index contributed by atoms with van der Waals surface area (Å²) < 4.78 is 5.48. The van der Waals surface area contributed by atoms with Crippen LogP contribution < -0.4 is 5.32 Å². The van der Waals surface area contributed by atoms with E-state index >= 15 is 0 Å². The van der Waals surface area contributed by atoms with E-state index in [1.807, 2.05) is 13.8 Å². The van der Waals surface area contributed by atoms with Crippen molar-refractivity contribution in [3.8, 4) is 6.07 Å². The first kappa shape index (κ1) is 14.5. The molecule has 1 aliphatic rings. The Labute approximate surface area is 119 Å². The molecule has 1 aliphatic heterocycles. The van der Waals surface area contributed by atoms with Gasteiger partial charge in [0, 0.05) is 18.8 Å². The summed E-state index contributed by atoms with van der Waals surface area (Å²) in [6, 6.07) is 8.77. The number of nitrogens with zero attached hydrogens (tertiary/aromatic N) is 2. The number of rotatable bonds is 3. The van der Waals surface area contributed by atoms with E-state index in [1.165, 1.54) is 0 Å². The zero-order valence-corrected chi connectivity index (χ0v) is 11.8. The van der Waals surface area contributed by atoms with Gasteiger partial charge in [-0.15, -0.1) is 0 Å². The van der Waals surface area contributed by atoms with Gasteiger partial charge in [0.15, 0.2) is 0 Å². The minimum Gasteiger partial charge on any atom is -0.376 e. The van der Waals surface area contributed by atoms with E-state index < -0.39 is 0 Å². The predicted octanol–water partition coefficient (Wildman–Crippen LogP) is 1.61. The van der Waals surface area contributed by atoms with Crippen molar-refractivity contribution >= 4 is 11.6 Å². The molecular formula is C15H19N3O2. The molecule has 1 fully saturated rings. The van der Waals surface area contributed by atoms with Crippen molar-refractivity contribution in [3.05, 3.63) is 29.8 Å². The van der Waals surface area contributed by atoms with Crippen LogP contribution in [0.3, 0.4) is 0 Å². The van der Waals surface area contributed by atoms with Gasteiger partial charge < -0.3 is 10.1 Å². The molecule has 5 heteroatoms. The van der Waals surface area contributed by atoms with Gasteiger partial charge in [0.2, 0.25) is 5.91 Å². The summed E-state index contributed by atoms with van der Waals surface area (Å²) in [4.78, 5) is 14.4. The molecule has 0 aromatic heterocycles.